The van der Waals surface area contributed by atoms with Crippen LogP contribution in [0.1, 0.15) is 28.7 Å². The highest BCUT2D eigenvalue weighted by atomic mass is 35.5. The third-order valence-corrected chi connectivity index (χ3v) is 8.96. The topological polar surface area (TPSA) is 66.5 Å². The van der Waals surface area contributed by atoms with Crippen molar-refractivity contribution in [3.05, 3.63) is 94.0 Å². The Kier molecular flexibility index (Phi) is 10.1. The van der Waals surface area contributed by atoms with Crippen LogP contribution in [0, 0.1) is 13.8 Å². The highest BCUT2D eigenvalue weighted by Gasteiger charge is 2.35. The fraction of sp³-hybridized carbons (Fsp3) is 0.296. The lowest BCUT2D eigenvalue weighted by atomic mass is 10.1. The summed E-state index contributed by atoms with van der Waals surface area (Å²) in [6.45, 7) is 3.43. The van der Waals surface area contributed by atoms with E-state index in [1.807, 2.05) is 25.1 Å². The van der Waals surface area contributed by atoms with Crippen molar-refractivity contribution in [2.75, 3.05) is 23.1 Å². The maximum atomic E-state index is 13.5. The Balaban J connectivity index is 1.71. The summed E-state index contributed by atoms with van der Waals surface area (Å²) >= 11 is 7.44. The van der Waals surface area contributed by atoms with Gasteiger partial charge in [0.05, 0.1) is 21.2 Å². The summed E-state index contributed by atoms with van der Waals surface area (Å²) in [6.07, 6.45) is -4.16. The number of benzene rings is 3. The number of nitrogens with zero attached hydrogens (tertiary/aromatic N) is 1. The van der Waals surface area contributed by atoms with Crippen molar-refractivity contribution in [3.63, 3.8) is 0 Å². The summed E-state index contributed by atoms with van der Waals surface area (Å²) < 4.78 is 68.0. The van der Waals surface area contributed by atoms with Crippen LogP contribution in [0.25, 0.3) is 0 Å². The Labute approximate surface area is 230 Å². The van der Waals surface area contributed by atoms with Crippen LogP contribution in [0.15, 0.2) is 71.6 Å². The molecule has 204 valence electrons. The number of amides is 1. The number of carbonyl (C=O) groups excluding carboxylic acids is 1. The quantitative estimate of drug-likeness (QED) is 0.258. The molecule has 0 fully saturated rings. The van der Waals surface area contributed by atoms with Gasteiger partial charge in [0.25, 0.3) is 10.0 Å². The molecule has 0 aliphatic rings. The minimum Gasteiger partial charge on any atom is -0.354 e. The van der Waals surface area contributed by atoms with Gasteiger partial charge in [-0.3, -0.25) is 9.10 Å². The predicted molar refractivity (Wildman–Crippen MR) is 147 cm³/mol. The molecule has 0 radical (unpaired) electrons. The fourth-order valence-electron chi connectivity index (χ4n) is 3.58. The summed E-state index contributed by atoms with van der Waals surface area (Å²) in [5, 5.41) is 2.11. The normalized spacial score (nSPS) is 11.8. The highest BCUT2D eigenvalue weighted by Crippen LogP contribution is 2.38. The van der Waals surface area contributed by atoms with Gasteiger partial charge in [0.2, 0.25) is 5.91 Å². The monoisotopic (exact) mass is 584 g/mol. The summed E-state index contributed by atoms with van der Waals surface area (Å²) in [5.74, 6) is 0.973. The van der Waals surface area contributed by atoms with E-state index in [0.717, 1.165) is 29.2 Å². The van der Waals surface area contributed by atoms with E-state index >= 15 is 0 Å². The van der Waals surface area contributed by atoms with E-state index in [2.05, 4.69) is 11.4 Å². The predicted octanol–water partition coefficient (Wildman–Crippen LogP) is 6.61. The lowest BCUT2D eigenvalue weighted by molar-refractivity contribution is -0.137. The highest BCUT2D eigenvalue weighted by molar-refractivity contribution is 7.98. The maximum absolute atomic E-state index is 13.5. The minimum atomic E-state index is -4.80. The van der Waals surface area contributed by atoms with Crippen molar-refractivity contribution >= 4 is 45.0 Å². The molecule has 3 aromatic carbocycles. The van der Waals surface area contributed by atoms with Crippen LogP contribution in [-0.4, -0.2) is 33.2 Å². The first-order valence-electron chi connectivity index (χ1n) is 11.7. The average molecular weight is 585 g/mol. The first-order chi connectivity index (χ1) is 17.9. The van der Waals surface area contributed by atoms with E-state index in [1.165, 1.54) is 23.3 Å². The number of hydrogen-bond donors (Lipinski definition) is 1. The molecule has 0 heterocycles. The number of alkyl halides is 3. The number of thioether (sulfide) groups is 1. The van der Waals surface area contributed by atoms with Gasteiger partial charge in [0.15, 0.2) is 0 Å². The summed E-state index contributed by atoms with van der Waals surface area (Å²) in [4.78, 5) is 12.6. The third kappa shape index (κ3) is 7.91. The SMILES string of the molecule is Cc1ccc(S(=O)(=O)N(CC(=O)NCCCSCc2ccccc2C)c2ccc(Cl)c(C(F)(F)F)c2)cc1. The van der Waals surface area contributed by atoms with E-state index < -0.39 is 39.2 Å². The molecule has 0 aliphatic heterocycles. The molecule has 0 spiro atoms. The zero-order chi connectivity index (χ0) is 27.9. The van der Waals surface area contributed by atoms with E-state index in [4.69, 9.17) is 11.6 Å². The second-order valence-corrected chi connectivity index (χ2v) is 12.0. The fourth-order valence-corrected chi connectivity index (χ4v) is 6.25. The molecule has 0 aliphatic carbocycles. The van der Waals surface area contributed by atoms with Gasteiger partial charge in [0, 0.05) is 12.3 Å². The standard InChI is InChI=1S/C27H28ClF3N2O3S2/c1-19-8-11-23(12-9-19)38(35,36)33(22-10-13-25(28)24(16-22)27(29,30)31)17-26(34)32-14-5-15-37-18-21-7-4-3-6-20(21)2/h3-4,6-13,16H,5,14-15,17-18H2,1-2H3,(H,32,34). The van der Waals surface area contributed by atoms with Crippen LogP contribution >= 0.6 is 23.4 Å². The van der Waals surface area contributed by atoms with Gasteiger partial charge in [-0.25, -0.2) is 8.42 Å². The molecule has 3 rings (SSSR count). The van der Waals surface area contributed by atoms with Gasteiger partial charge in [-0.1, -0.05) is 53.6 Å². The summed E-state index contributed by atoms with van der Waals surface area (Å²) in [6, 6.07) is 16.7. The number of nitrogens with one attached hydrogen (secondary N) is 1. The van der Waals surface area contributed by atoms with Crippen LogP contribution < -0.4 is 9.62 Å². The van der Waals surface area contributed by atoms with Crippen LogP contribution in [0.2, 0.25) is 5.02 Å². The summed E-state index contributed by atoms with van der Waals surface area (Å²) in [5.41, 5.74) is 1.75. The van der Waals surface area contributed by atoms with E-state index in [-0.39, 0.29) is 10.6 Å². The van der Waals surface area contributed by atoms with Crippen molar-refractivity contribution in [1.82, 2.24) is 5.32 Å². The molecule has 0 saturated heterocycles. The molecule has 0 unspecified atom stereocenters. The molecule has 5 nitrogen and oxygen atoms in total. The molecule has 0 atom stereocenters. The molecule has 1 amide bonds. The van der Waals surface area contributed by atoms with E-state index in [1.54, 1.807) is 30.8 Å². The molecule has 38 heavy (non-hydrogen) atoms. The van der Waals surface area contributed by atoms with Gasteiger partial charge < -0.3 is 5.32 Å². The van der Waals surface area contributed by atoms with Crippen molar-refractivity contribution in [2.45, 2.75) is 37.1 Å². The average Bonchev–Trinajstić information content (AvgIpc) is 2.85. The Morgan fingerprint density at radius 1 is 1.03 bits per heavy atom. The molecular weight excluding hydrogens is 557 g/mol. The van der Waals surface area contributed by atoms with Crippen molar-refractivity contribution in [3.8, 4) is 0 Å². The van der Waals surface area contributed by atoms with Gasteiger partial charge in [-0.05, 0) is 67.5 Å². The zero-order valence-electron chi connectivity index (χ0n) is 20.9. The van der Waals surface area contributed by atoms with Gasteiger partial charge in [0.1, 0.15) is 6.54 Å². The number of carbonyl (C=O) groups is 1. The second kappa shape index (κ2) is 12.9. The lowest BCUT2D eigenvalue weighted by Crippen LogP contribution is -2.41. The van der Waals surface area contributed by atoms with E-state index in [0.29, 0.717) is 23.3 Å². The van der Waals surface area contributed by atoms with Crippen molar-refractivity contribution in [2.24, 2.45) is 0 Å². The van der Waals surface area contributed by atoms with Crippen molar-refractivity contribution < 1.29 is 26.4 Å². The Hall–Kier alpha value is -2.69. The Morgan fingerprint density at radius 3 is 2.37 bits per heavy atom. The van der Waals surface area contributed by atoms with Crippen molar-refractivity contribution in [1.29, 1.82) is 0 Å². The number of hydrogen-bond acceptors (Lipinski definition) is 4. The Morgan fingerprint density at radius 2 is 1.71 bits per heavy atom. The maximum Gasteiger partial charge on any atom is 0.417 e. The number of aryl methyl sites for hydroxylation is 2. The first-order valence-corrected chi connectivity index (χ1v) is 14.7. The number of halogens is 4. The minimum absolute atomic E-state index is 0.146. The van der Waals surface area contributed by atoms with Crippen LogP contribution in [0.3, 0.4) is 0 Å². The molecular formula is C27H28ClF3N2O3S2. The van der Waals surface area contributed by atoms with E-state index in [9.17, 15) is 26.4 Å². The van der Waals surface area contributed by atoms with Gasteiger partial charge >= 0.3 is 6.18 Å². The molecule has 11 heteroatoms. The van der Waals surface area contributed by atoms with Crippen LogP contribution in [0.5, 0.6) is 0 Å². The number of sulfonamides is 1. The van der Waals surface area contributed by atoms with Crippen LogP contribution in [-0.2, 0) is 26.7 Å². The Bertz CT molecular complexity index is 1360. The lowest BCUT2D eigenvalue weighted by Gasteiger charge is -2.25. The molecule has 3 aromatic rings. The second-order valence-electron chi connectivity index (χ2n) is 8.67. The summed E-state index contributed by atoms with van der Waals surface area (Å²) in [7, 11) is -4.36. The first kappa shape index (κ1) is 29.9. The smallest absolute Gasteiger partial charge is 0.354 e. The van der Waals surface area contributed by atoms with Gasteiger partial charge in [-0.15, -0.1) is 0 Å². The molecule has 0 bridgehead atoms. The molecule has 0 aromatic heterocycles. The van der Waals surface area contributed by atoms with Gasteiger partial charge in [-0.2, -0.15) is 24.9 Å². The number of rotatable bonds is 11. The zero-order valence-corrected chi connectivity index (χ0v) is 23.3. The molecule has 0 saturated carbocycles. The number of anilines is 1. The van der Waals surface area contributed by atoms with Crippen LogP contribution in [0.4, 0.5) is 18.9 Å². The third-order valence-electron chi connectivity index (χ3n) is 5.75. The molecule has 1 N–H and O–H groups in total. The largest absolute Gasteiger partial charge is 0.417 e.